The van der Waals surface area contributed by atoms with Gasteiger partial charge in [0.05, 0.1) is 16.5 Å². The van der Waals surface area contributed by atoms with Gasteiger partial charge in [-0.1, -0.05) is 67.1 Å². The molecule has 176 valence electrons. The first-order chi connectivity index (χ1) is 17.0. The van der Waals surface area contributed by atoms with Gasteiger partial charge in [0, 0.05) is 33.6 Å². The molecule has 0 saturated carbocycles. The Morgan fingerprint density at radius 3 is 2.75 bits per heavy atom. The molecule has 0 bridgehead atoms. The van der Waals surface area contributed by atoms with Gasteiger partial charge in [-0.2, -0.15) is 0 Å². The van der Waals surface area contributed by atoms with Crippen LogP contribution in [0.1, 0.15) is 40.1 Å². The molecule has 7 heteroatoms. The van der Waals surface area contributed by atoms with Crippen molar-refractivity contribution in [3.05, 3.63) is 106 Å². The number of aliphatic carboxylic acids is 1. The summed E-state index contributed by atoms with van der Waals surface area (Å²) in [4.78, 5) is 16.0. The first-order valence-corrected chi connectivity index (χ1v) is 12.8. The molecule has 1 aromatic heterocycles. The smallest absolute Gasteiger partial charge is 0.550 e. The van der Waals surface area contributed by atoms with Gasteiger partial charge in [-0.25, -0.2) is 4.98 Å². The van der Waals surface area contributed by atoms with E-state index in [9.17, 15) is 9.90 Å². The zero-order chi connectivity index (χ0) is 24.4. The van der Waals surface area contributed by atoms with Crippen LogP contribution in [0.25, 0.3) is 23.1 Å². The fraction of sp³-hybridized carbons (Fsp3) is 0.172. The van der Waals surface area contributed by atoms with Crippen molar-refractivity contribution in [2.24, 2.45) is 5.92 Å². The molecular weight excluding hydrogens is 501 g/mol. The number of benzene rings is 3. The molecule has 2 heterocycles. The van der Waals surface area contributed by atoms with Crippen molar-refractivity contribution in [3.8, 4) is 5.75 Å². The molecule has 0 radical (unpaired) electrons. The number of hydrogen-bond acceptors (Lipinski definition) is 5. The number of carbonyl (C=O) groups excluding carboxylic acids is 1. The molecule has 0 saturated heterocycles. The quantitative estimate of drug-likeness (QED) is 0.363. The Morgan fingerprint density at radius 1 is 1.11 bits per heavy atom. The van der Waals surface area contributed by atoms with E-state index in [1.54, 1.807) is 18.7 Å². The summed E-state index contributed by atoms with van der Waals surface area (Å²) < 4.78 is 6.15. The Bertz CT molecular complexity index is 1440. The van der Waals surface area contributed by atoms with E-state index in [0.29, 0.717) is 17.4 Å². The molecule has 1 unspecified atom stereocenters. The molecule has 0 fully saturated rings. The molecule has 0 aliphatic carbocycles. The number of aromatic nitrogens is 1. The number of nitrogens with zero attached hydrogens (tertiary/aromatic N) is 1. The monoisotopic (exact) mass is 523 g/mol. The molecule has 36 heavy (non-hydrogen) atoms. The van der Waals surface area contributed by atoms with Crippen LogP contribution in [0.2, 0.25) is 5.02 Å². The number of pyridine rings is 1. The second kappa shape index (κ2) is 11.8. The minimum atomic E-state index is -1.03. The maximum Gasteiger partial charge on any atom is 1.00 e. The summed E-state index contributed by atoms with van der Waals surface area (Å²) in [5.41, 5.74) is 5.99. The summed E-state index contributed by atoms with van der Waals surface area (Å²) in [6.07, 6.45) is 4.01. The number of fused-ring (bicyclic) bond motifs is 3. The van der Waals surface area contributed by atoms with Gasteiger partial charge in [-0.15, -0.1) is 11.8 Å². The Morgan fingerprint density at radius 2 is 1.92 bits per heavy atom. The topological polar surface area (TPSA) is 62.2 Å². The van der Waals surface area contributed by atoms with Gasteiger partial charge < -0.3 is 14.6 Å². The maximum atomic E-state index is 11.3. The number of ether oxygens (including phenoxy) is 1. The number of carboxylic acid groups (broad SMARTS) is 1. The average molecular weight is 524 g/mol. The normalized spacial score (nSPS) is 15.3. The largest absolute Gasteiger partial charge is 1.00 e. The predicted octanol–water partition coefficient (Wildman–Crippen LogP) is 3.16. The van der Waals surface area contributed by atoms with Crippen molar-refractivity contribution in [1.29, 1.82) is 0 Å². The third-order valence-electron chi connectivity index (χ3n) is 6.07. The maximum absolute atomic E-state index is 11.3. The van der Waals surface area contributed by atoms with Gasteiger partial charge >= 0.3 is 29.6 Å². The van der Waals surface area contributed by atoms with Crippen LogP contribution in [0.5, 0.6) is 5.75 Å². The van der Waals surface area contributed by atoms with Crippen molar-refractivity contribution in [2.45, 2.75) is 18.8 Å². The van der Waals surface area contributed by atoms with E-state index in [1.165, 1.54) is 0 Å². The van der Waals surface area contributed by atoms with Gasteiger partial charge in [0.2, 0.25) is 0 Å². The van der Waals surface area contributed by atoms with E-state index in [1.807, 2.05) is 66.7 Å². The fourth-order valence-corrected chi connectivity index (χ4v) is 5.68. The number of thioether (sulfide) groups is 1. The summed E-state index contributed by atoms with van der Waals surface area (Å²) in [7, 11) is 0. The zero-order valence-corrected chi connectivity index (χ0v) is 23.7. The van der Waals surface area contributed by atoms with Crippen molar-refractivity contribution < 1.29 is 44.2 Å². The molecule has 5 rings (SSSR count). The molecular formula is C29H23ClNNaO3S. The summed E-state index contributed by atoms with van der Waals surface area (Å²) in [5, 5.41) is 13.0. The first kappa shape index (κ1) is 26.8. The van der Waals surface area contributed by atoms with Crippen molar-refractivity contribution in [1.82, 2.24) is 4.98 Å². The Kier molecular flexibility index (Phi) is 8.81. The second-order valence-electron chi connectivity index (χ2n) is 8.62. The van der Waals surface area contributed by atoms with Crippen LogP contribution < -0.4 is 39.4 Å². The summed E-state index contributed by atoms with van der Waals surface area (Å²) in [6, 6.07) is 24.0. The predicted molar refractivity (Wildman–Crippen MR) is 141 cm³/mol. The van der Waals surface area contributed by atoms with Crippen LogP contribution in [-0.4, -0.2) is 16.7 Å². The molecule has 3 aromatic carbocycles. The second-order valence-corrected chi connectivity index (χ2v) is 10.2. The summed E-state index contributed by atoms with van der Waals surface area (Å²) in [6.45, 7) is 2.17. The van der Waals surface area contributed by atoms with Gasteiger partial charge in [-0.05, 0) is 53.1 Å². The van der Waals surface area contributed by atoms with E-state index in [2.05, 4.69) is 18.2 Å². The van der Waals surface area contributed by atoms with E-state index in [4.69, 9.17) is 21.3 Å². The van der Waals surface area contributed by atoms with Crippen LogP contribution in [0, 0.1) is 5.92 Å². The summed E-state index contributed by atoms with van der Waals surface area (Å²) >= 11 is 7.74. The molecule has 0 N–H and O–H groups in total. The van der Waals surface area contributed by atoms with Gasteiger partial charge in [0.25, 0.3) is 0 Å². The SMILES string of the molecule is C[C@@H](CSC1c2ccccc2COc2ccc(/C=C/c3ccc4ccc(Cl)cc4n3)cc21)C(=O)[O-].[Na+]. The van der Waals surface area contributed by atoms with Gasteiger partial charge in [0.1, 0.15) is 12.4 Å². The Hall–Kier alpha value is -2.28. The number of hydrogen-bond donors (Lipinski definition) is 0. The molecule has 0 amide bonds. The van der Waals surface area contributed by atoms with Crippen LogP contribution in [0.15, 0.2) is 72.8 Å². The molecule has 1 aliphatic heterocycles. The number of carboxylic acids is 1. The zero-order valence-electron chi connectivity index (χ0n) is 20.1. The van der Waals surface area contributed by atoms with Crippen LogP contribution in [-0.2, 0) is 11.4 Å². The average Bonchev–Trinajstić information content (AvgIpc) is 3.02. The molecule has 2 atom stereocenters. The van der Waals surface area contributed by atoms with Crippen molar-refractivity contribution in [3.63, 3.8) is 0 Å². The van der Waals surface area contributed by atoms with E-state index in [0.717, 1.165) is 44.6 Å². The standard InChI is InChI=1S/C29H24ClNO3S.Na/c1-18(29(32)33)17-35-28-24-5-3-2-4-21(24)16-34-27-13-7-19(14-25(27)28)6-11-23-12-9-20-8-10-22(30)15-26(20)31-23;/h2-15,18,28H,16-17H2,1H3,(H,32,33);/q;+1/p-1/b11-6+;/t18-,28?;/m0./s1. The third-order valence-corrected chi connectivity index (χ3v) is 7.84. The van der Waals surface area contributed by atoms with Gasteiger partial charge in [-0.3, -0.25) is 0 Å². The number of halogens is 1. The first-order valence-electron chi connectivity index (χ1n) is 11.4. The van der Waals surface area contributed by atoms with Crippen LogP contribution in [0.3, 0.4) is 0 Å². The summed E-state index contributed by atoms with van der Waals surface area (Å²) in [5.74, 6) is -0.313. The number of rotatable bonds is 6. The third kappa shape index (κ3) is 5.99. The molecule has 4 aromatic rings. The molecule has 4 nitrogen and oxygen atoms in total. The van der Waals surface area contributed by atoms with E-state index < -0.39 is 11.9 Å². The van der Waals surface area contributed by atoms with Crippen molar-refractivity contribution in [2.75, 3.05) is 5.75 Å². The van der Waals surface area contributed by atoms with Crippen molar-refractivity contribution >= 4 is 52.4 Å². The van der Waals surface area contributed by atoms with E-state index in [-0.39, 0.29) is 34.8 Å². The minimum absolute atomic E-state index is 0. The fourth-order valence-electron chi connectivity index (χ4n) is 4.12. The van der Waals surface area contributed by atoms with Crippen LogP contribution in [0.4, 0.5) is 0 Å². The molecule has 0 spiro atoms. The van der Waals surface area contributed by atoms with Crippen LogP contribution >= 0.6 is 23.4 Å². The number of carbonyl (C=O) groups is 1. The minimum Gasteiger partial charge on any atom is -0.550 e. The molecule has 1 aliphatic rings. The van der Waals surface area contributed by atoms with Gasteiger partial charge in [0.15, 0.2) is 0 Å². The van der Waals surface area contributed by atoms with E-state index >= 15 is 0 Å². The Labute approximate surface area is 242 Å². The Balaban J connectivity index is 0.00000304.